The number of fused-ring (bicyclic) bond motifs is 3. The molecule has 0 saturated carbocycles. The Morgan fingerprint density at radius 1 is 1.26 bits per heavy atom. The molecule has 1 saturated heterocycles. The molecule has 1 unspecified atom stereocenters. The van der Waals surface area contributed by atoms with Gasteiger partial charge in [0.15, 0.2) is 11.5 Å². The second-order valence-electron chi connectivity index (χ2n) is 5.21. The first-order valence-electron chi connectivity index (χ1n) is 6.45. The lowest BCUT2D eigenvalue weighted by Gasteiger charge is -2.42. The summed E-state index contributed by atoms with van der Waals surface area (Å²) in [5, 5.41) is 3.09. The van der Waals surface area contributed by atoms with Crippen molar-refractivity contribution in [3.63, 3.8) is 0 Å². The first kappa shape index (κ1) is 12.1. The van der Waals surface area contributed by atoms with Gasteiger partial charge < -0.3 is 19.7 Å². The fourth-order valence-corrected chi connectivity index (χ4v) is 3.06. The molecular formula is C14H18N2O3. The van der Waals surface area contributed by atoms with Crippen molar-refractivity contribution in [2.24, 2.45) is 0 Å². The van der Waals surface area contributed by atoms with E-state index in [0.717, 1.165) is 25.1 Å². The highest BCUT2D eigenvalue weighted by atomic mass is 16.5. The molecule has 5 nitrogen and oxygen atoms in total. The van der Waals surface area contributed by atoms with Gasteiger partial charge in [0, 0.05) is 12.6 Å². The fourth-order valence-electron chi connectivity index (χ4n) is 3.06. The van der Waals surface area contributed by atoms with Gasteiger partial charge in [0.1, 0.15) is 5.66 Å². The lowest BCUT2D eigenvalue weighted by atomic mass is 10.0. The Bertz CT molecular complexity index is 544. The summed E-state index contributed by atoms with van der Waals surface area (Å²) in [7, 11) is 3.18. The molecule has 19 heavy (non-hydrogen) atoms. The molecule has 1 aromatic carbocycles. The number of nitrogens with one attached hydrogen (secondary N) is 1. The maximum atomic E-state index is 12.3. The van der Waals surface area contributed by atoms with Crippen molar-refractivity contribution >= 4 is 11.6 Å². The Morgan fingerprint density at radius 3 is 2.63 bits per heavy atom. The summed E-state index contributed by atoms with van der Waals surface area (Å²) >= 11 is 0. The van der Waals surface area contributed by atoms with Gasteiger partial charge in [0.2, 0.25) is 0 Å². The van der Waals surface area contributed by atoms with E-state index in [0.29, 0.717) is 17.1 Å². The SMILES string of the molecule is COc1cc2c(cc1OC)N1CCCC1(C)NC2=O. The van der Waals surface area contributed by atoms with Gasteiger partial charge in [-0.3, -0.25) is 4.79 Å². The average Bonchev–Trinajstić information content (AvgIpc) is 2.78. The van der Waals surface area contributed by atoms with Crippen molar-refractivity contribution in [2.45, 2.75) is 25.4 Å². The van der Waals surface area contributed by atoms with Crippen LogP contribution in [0.5, 0.6) is 11.5 Å². The van der Waals surface area contributed by atoms with E-state index in [4.69, 9.17) is 9.47 Å². The van der Waals surface area contributed by atoms with Crippen molar-refractivity contribution in [2.75, 3.05) is 25.7 Å². The minimum atomic E-state index is -0.274. The maximum Gasteiger partial charge on any atom is 0.255 e. The van der Waals surface area contributed by atoms with Gasteiger partial charge in [0.25, 0.3) is 5.91 Å². The highest BCUT2D eigenvalue weighted by Gasteiger charge is 2.43. The van der Waals surface area contributed by atoms with Gasteiger partial charge in [-0.15, -0.1) is 0 Å². The minimum Gasteiger partial charge on any atom is -0.493 e. The molecular weight excluding hydrogens is 244 g/mol. The smallest absolute Gasteiger partial charge is 0.255 e. The maximum absolute atomic E-state index is 12.3. The van der Waals surface area contributed by atoms with E-state index in [1.54, 1.807) is 20.3 Å². The first-order chi connectivity index (χ1) is 9.09. The van der Waals surface area contributed by atoms with Crippen LogP contribution in [0.25, 0.3) is 0 Å². The van der Waals surface area contributed by atoms with Crippen LogP contribution in [-0.4, -0.2) is 32.3 Å². The van der Waals surface area contributed by atoms with E-state index in [9.17, 15) is 4.79 Å². The number of hydrogen-bond donors (Lipinski definition) is 1. The standard InChI is InChI=1S/C14H18N2O3/c1-14-5-4-6-16(14)10-8-12(19-3)11(18-2)7-9(10)13(17)15-14/h7-8H,4-6H2,1-3H3,(H,15,17). The first-order valence-corrected chi connectivity index (χ1v) is 6.45. The number of amides is 1. The van der Waals surface area contributed by atoms with Crippen LogP contribution in [0.1, 0.15) is 30.1 Å². The topological polar surface area (TPSA) is 50.8 Å². The van der Waals surface area contributed by atoms with Crippen LogP contribution in [-0.2, 0) is 0 Å². The second-order valence-corrected chi connectivity index (χ2v) is 5.21. The molecule has 2 heterocycles. The Hall–Kier alpha value is -1.91. The van der Waals surface area contributed by atoms with Gasteiger partial charge >= 0.3 is 0 Å². The molecule has 2 aliphatic heterocycles. The molecule has 2 aliphatic rings. The van der Waals surface area contributed by atoms with Crippen molar-refractivity contribution in [3.8, 4) is 11.5 Å². The van der Waals surface area contributed by atoms with E-state index in [2.05, 4.69) is 17.1 Å². The fraction of sp³-hybridized carbons (Fsp3) is 0.500. The zero-order chi connectivity index (χ0) is 13.6. The van der Waals surface area contributed by atoms with Gasteiger partial charge in [-0.05, 0) is 25.8 Å². The van der Waals surface area contributed by atoms with Gasteiger partial charge in [0.05, 0.1) is 25.5 Å². The molecule has 102 valence electrons. The van der Waals surface area contributed by atoms with E-state index in [1.165, 1.54) is 0 Å². The zero-order valence-electron chi connectivity index (χ0n) is 11.4. The number of carbonyl (C=O) groups excluding carboxylic acids is 1. The molecule has 1 N–H and O–H groups in total. The van der Waals surface area contributed by atoms with E-state index >= 15 is 0 Å². The minimum absolute atomic E-state index is 0.0448. The van der Waals surface area contributed by atoms with Crippen LogP contribution in [0.3, 0.4) is 0 Å². The van der Waals surface area contributed by atoms with Crippen LogP contribution in [0.15, 0.2) is 12.1 Å². The molecule has 0 bridgehead atoms. The monoisotopic (exact) mass is 262 g/mol. The lowest BCUT2D eigenvalue weighted by molar-refractivity contribution is 0.0896. The predicted octanol–water partition coefficient (Wildman–Crippen LogP) is 1.76. The third-order valence-corrected chi connectivity index (χ3v) is 4.06. The zero-order valence-corrected chi connectivity index (χ0v) is 11.4. The number of nitrogens with zero attached hydrogens (tertiary/aromatic N) is 1. The van der Waals surface area contributed by atoms with Crippen LogP contribution >= 0.6 is 0 Å². The van der Waals surface area contributed by atoms with Crippen LogP contribution in [0, 0.1) is 0 Å². The Balaban J connectivity index is 2.17. The van der Waals surface area contributed by atoms with E-state index in [-0.39, 0.29) is 11.6 Å². The third-order valence-electron chi connectivity index (χ3n) is 4.06. The predicted molar refractivity (Wildman–Crippen MR) is 72.0 cm³/mol. The summed E-state index contributed by atoms with van der Waals surface area (Å²) in [5.74, 6) is 1.20. The van der Waals surface area contributed by atoms with Gasteiger partial charge in [-0.1, -0.05) is 0 Å². The summed E-state index contributed by atoms with van der Waals surface area (Å²) in [6, 6.07) is 3.65. The highest BCUT2D eigenvalue weighted by Crippen LogP contribution is 2.42. The molecule has 1 amide bonds. The third kappa shape index (κ3) is 1.64. The van der Waals surface area contributed by atoms with Crippen molar-refractivity contribution in [3.05, 3.63) is 17.7 Å². The highest BCUT2D eigenvalue weighted by molar-refractivity contribution is 6.03. The summed E-state index contributed by atoms with van der Waals surface area (Å²) in [6.45, 7) is 3.01. The normalized spacial score (nSPS) is 24.6. The van der Waals surface area contributed by atoms with Crippen LogP contribution < -0.4 is 19.7 Å². The molecule has 1 aromatic rings. The number of benzene rings is 1. The van der Waals surface area contributed by atoms with Crippen molar-refractivity contribution in [1.82, 2.24) is 5.32 Å². The Morgan fingerprint density at radius 2 is 1.95 bits per heavy atom. The molecule has 0 aromatic heterocycles. The Labute approximate surface area is 112 Å². The van der Waals surface area contributed by atoms with Crippen molar-refractivity contribution < 1.29 is 14.3 Å². The number of ether oxygens (including phenoxy) is 2. The van der Waals surface area contributed by atoms with Crippen molar-refractivity contribution in [1.29, 1.82) is 0 Å². The molecule has 1 atom stereocenters. The summed E-state index contributed by atoms with van der Waals surface area (Å²) in [4.78, 5) is 14.5. The number of anilines is 1. The quantitative estimate of drug-likeness (QED) is 0.882. The number of hydrogen-bond acceptors (Lipinski definition) is 4. The van der Waals surface area contributed by atoms with E-state index in [1.807, 2.05) is 6.07 Å². The summed E-state index contributed by atoms with van der Waals surface area (Å²) < 4.78 is 10.6. The lowest BCUT2D eigenvalue weighted by Crippen LogP contribution is -2.59. The molecule has 0 spiro atoms. The van der Waals surface area contributed by atoms with Crippen LogP contribution in [0.2, 0.25) is 0 Å². The van der Waals surface area contributed by atoms with Crippen LogP contribution in [0.4, 0.5) is 5.69 Å². The molecule has 3 rings (SSSR count). The number of methoxy groups -OCH3 is 2. The number of carbonyl (C=O) groups is 1. The summed E-state index contributed by atoms with van der Waals surface area (Å²) in [5.41, 5.74) is 1.31. The second kappa shape index (κ2) is 4.05. The molecule has 5 heteroatoms. The largest absolute Gasteiger partial charge is 0.493 e. The molecule has 0 aliphatic carbocycles. The Kier molecular flexibility index (Phi) is 2.59. The average molecular weight is 262 g/mol. The molecule has 0 radical (unpaired) electrons. The molecule has 1 fully saturated rings. The van der Waals surface area contributed by atoms with Gasteiger partial charge in [-0.2, -0.15) is 0 Å². The summed E-state index contributed by atoms with van der Waals surface area (Å²) in [6.07, 6.45) is 2.04. The van der Waals surface area contributed by atoms with Gasteiger partial charge in [-0.25, -0.2) is 0 Å². The van der Waals surface area contributed by atoms with E-state index < -0.39 is 0 Å². The number of rotatable bonds is 2.